The van der Waals surface area contributed by atoms with Crippen molar-refractivity contribution in [2.75, 3.05) is 6.61 Å². The molecule has 0 aliphatic rings. The zero-order chi connectivity index (χ0) is 17.0. The first kappa shape index (κ1) is 18.0. The van der Waals surface area contributed by atoms with Crippen molar-refractivity contribution in [1.29, 1.82) is 0 Å². The van der Waals surface area contributed by atoms with Crippen molar-refractivity contribution in [2.45, 2.75) is 26.7 Å². The average Bonchev–Trinajstić information content (AvgIpc) is 2.50. The van der Waals surface area contributed by atoms with Crippen molar-refractivity contribution in [3.63, 3.8) is 0 Å². The lowest BCUT2D eigenvalue weighted by Gasteiger charge is -2.15. The molecule has 0 aliphatic carbocycles. The fraction of sp³-hybridized carbons (Fsp3) is 0.278. The lowest BCUT2D eigenvalue weighted by atomic mass is 10.0. The molecule has 2 rings (SSSR count). The molecule has 0 amide bonds. The van der Waals surface area contributed by atoms with Gasteiger partial charge in [-0.15, -0.1) is 0 Å². The third kappa shape index (κ3) is 4.58. The van der Waals surface area contributed by atoms with Gasteiger partial charge in [-0.3, -0.25) is 0 Å². The van der Waals surface area contributed by atoms with Crippen LogP contribution in [0.4, 0.5) is 0 Å². The van der Waals surface area contributed by atoms with Gasteiger partial charge in [-0.1, -0.05) is 45.7 Å². The number of carbonyl (C=O) groups is 1. The number of esters is 1. The Bertz CT molecular complexity index is 711. The van der Waals surface area contributed by atoms with Crippen LogP contribution in [0.3, 0.4) is 0 Å². The van der Waals surface area contributed by atoms with Crippen molar-refractivity contribution in [2.24, 2.45) is 0 Å². The maximum atomic E-state index is 12.6. The van der Waals surface area contributed by atoms with Crippen molar-refractivity contribution < 1.29 is 14.3 Å². The van der Waals surface area contributed by atoms with E-state index in [9.17, 15) is 4.79 Å². The van der Waals surface area contributed by atoms with Gasteiger partial charge >= 0.3 is 5.97 Å². The van der Waals surface area contributed by atoms with Gasteiger partial charge in [-0.2, -0.15) is 0 Å². The van der Waals surface area contributed by atoms with E-state index in [2.05, 4.69) is 45.7 Å². The SMILES string of the molecule is CCOc1ccc(Br)cc1C(=O)Oc1ccc(Br)cc1C(C)C. The van der Waals surface area contributed by atoms with Crippen LogP contribution in [-0.4, -0.2) is 12.6 Å². The molecule has 0 heterocycles. The van der Waals surface area contributed by atoms with E-state index in [4.69, 9.17) is 9.47 Å². The highest BCUT2D eigenvalue weighted by Crippen LogP contribution is 2.31. The smallest absolute Gasteiger partial charge is 0.347 e. The Labute approximate surface area is 153 Å². The summed E-state index contributed by atoms with van der Waals surface area (Å²) in [7, 11) is 0. The van der Waals surface area contributed by atoms with Gasteiger partial charge in [-0.05, 0) is 54.8 Å². The van der Waals surface area contributed by atoms with Crippen molar-refractivity contribution in [3.05, 3.63) is 56.5 Å². The van der Waals surface area contributed by atoms with E-state index in [0.717, 1.165) is 14.5 Å². The summed E-state index contributed by atoms with van der Waals surface area (Å²) in [6.07, 6.45) is 0. The number of carbonyl (C=O) groups excluding carboxylic acids is 1. The molecule has 0 unspecified atom stereocenters. The highest BCUT2D eigenvalue weighted by Gasteiger charge is 2.18. The molecular formula is C18H18Br2O3. The van der Waals surface area contributed by atoms with Gasteiger partial charge in [0.2, 0.25) is 0 Å². The topological polar surface area (TPSA) is 35.5 Å². The monoisotopic (exact) mass is 440 g/mol. The van der Waals surface area contributed by atoms with Gasteiger partial charge in [0.15, 0.2) is 0 Å². The van der Waals surface area contributed by atoms with E-state index in [1.54, 1.807) is 18.2 Å². The van der Waals surface area contributed by atoms with Crippen LogP contribution in [0.1, 0.15) is 42.6 Å². The highest BCUT2D eigenvalue weighted by atomic mass is 79.9. The molecule has 0 fully saturated rings. The lowest BCUT2D eigenvalue weighted by Crippen LogP contribution is -2.12. The van der Waals surface area contributed by atoms with Crippen LogP contribution in [0.5, 0.6) is 11.5 Å². The van der Waals surface area contributed by atoms with E-state index in [0.29, 0.717) is 23.7 Å². The molecule has 2 aromatic rings. The van der Waals surface area contributed by atoms with Crippen molar-refractivity contribution in [3.8, 4) is 11.5 Å². The van der Waals surface area contributed by atoms with E-state index in [-0.39, 0.29) is 5.92 Å². The maximum absolute atomic E-state index is 12.6. The zero-order valence-electron chi connectivity index (χ0n) is 13.2. The second-order valence-electron chi connectivity index (χ2n) is 5.30. The molecule has 2 aromatic carbocycles. The molecule has 0 radical (unpaired) electrons. The number of hydrogen-bond acceptors (Lipinski definition) is 3. The number of halogens is 2. The first-order valence-electron chi connectivity index (χ1n) is 7.36. The lowest BCUT2D eigenvalue weighted by molar-refractivity contribution is 0.0728. The van der Waals surface area contributed by atoms with Gasteiger partial charge in [-0.25, -0.2) is 4.79 Å². The highest BCUT2D eigenvalue weighted by molar-refractivity contribution is 9.10. The van der Waals surface area contributed by atoms with Crippen LogP contribution in [0.2, 0.25) is 0 Å². The summed E-state index contributed by atoms with van der Waals surface area (Å²) >= 11 is 6.83. The van der Waals surface area contributed by atoms with Crippen molar-refractivity contribution in [1.82, 2.24) is 0 Å². The number of hydrogen-bond donors (Lipinski definition) is 0. The summed E-state index contributed by atoms with van der Waals surface area (Å²) in [6, 6.07) is 10.9. The molecule has 0 aliphatic heterocycles. The molecule has 0 saturated heterocycles. The van der Waals surface area contributed by atoms with E-state index < -0.39 is 5.97 Å². The van der Waals surface area contributed by atoms with Gasteiger partial charge in [0, 0.05) is 8.95 Å². The average molecular weight is 442 g/mol. The Kier molecular flexibility index (Phi) is 6.25. The molecule has 122 valence electrons. The summed E-state index contributed by atoms with van der Waals surface area (Å²) in [5.41, 5.74) is 1.37. The Balaban J connectivity index is 2.35. The molecule has 0 spiro atoms. The van der Waals surface area contributed by atoms with Crippen LogP contribution < -0.4 is 9.47 Å². The Hall–Kier alpha value is -1.33. The third-order valence-electron chi connectivity index (χ3n) is 3.26. The molecule has 0 aromatic heterocycles. The molecule has 3 nitrogen and oxygen atoms in total. The number of rotatable bonds is 5. The molecule has 0 saturated carbocycles. The van der Waals surface area contributed by atoms with Crippen LogP contribution in [0, 0.1) is 0 Å². The van der Waals surface area contributed by atoms with Gasteiger partial charge in [0.05, 0.1) is 6.61 Å². The molecule has 0 N–H and O–H groups in total. The standard InChI is InChI=1S/C18H18Br2O3/c1-4-22-16-7-5-13(20)10-15(16)18(21)23-17-8-6-12(19)9-14(17)11(2)3/h5-11H,4H2,1-3H3. The minimum atomic E-state index is -0.432. The summed E-state index contributed by atoms with van der Waals surface area (Å²) in [4.78, 5) is 12.6. The van der Waals surface area contributed by atoms with E-state index >= 15 is 0 Å². The number of ether oxygens (including phenoxy) is 2. The van der Waals surface area contributed by atoms with Crippen LogP contribution in [0.25, 0.3) is 0 Å². The zero-order valence-corrected chi connectivity index (χ0v) is 16.4. The summed E-state index contributed by atoms with van der Waals surface area (Å²) in [5, 5.41) is 0. The van der Waals surface area contributed by atoms with E-state index in [1.165, 1.54) is 0 Å². The first-order chi connectivity index (χ1) is 10.9. The third-order valence-corrected chi connectivity index (χ3v) is 4.24. The fourth-order valence-electron chi connectivity index (χ4n) is 2.16. The van der Waals surface area contributed by atoms with Crippen LogP contribution in [0.15, 0.2) is 45.3 Å². The fourth-order valence-corrected chi connectivity index (χ4v) is 2.90. The summed E-state index contributed by atoms with van der Waals surface area (Å²) < 4.78 is 12.9. The normalized spacial score (nSPS) is 10.7. The minimum Gasteiger partial charge on any atom is -0.493 e. The first-order valence-corrected chi connectivity index (χ1v) is 8.95. The summed E-state index contributed by atoms with van der Waals surface area (Å²) in [5.74, 6) is 0.891. The second kappa shape index (κ2) is 7.97. The second-order valence-corrected chi connectivity index (χ2v) is 7.13. The van der Waals surface area contributed by atoms with Crippen molar-refractivity contribution >= 4 is 37.8 Å². The predicted octanol–water partition coefficient (Wildman–Crippen LogP) is 5.95. The van der Waals surface area contributed by atoms with Crippen LogP contribution >= 0.6 is 31.9 Å². The van der Waals surface area contributed by atoms with Gasteiger partial charge in [0.25, 0.3) is 0 Å². The van der Waals surface area contributed by atoms with E-state index in [1.807, 2.05) is 25.1 Å². The van der Waals surface area contributed by atoms with Gasteiger partial charge < -0.3 is 9.47 Å². The molecule has 0 atom stereocenters. The predicted molar refractivity (Wildman–Crippen MR) is 98.5 cm³/mol. The van der Waals surface area contributed by atoms with Crippen LogP contribution in [-0.2, 0) is 0 Å². The number of benzene rings is 2. The molecule has 0 bridgehead atoms. The molecule has 5 heteroatoms. The Morgan fingerprint density at radius 1 is 1.04 bits per heavy atom. The maximum Gasteiger partial charge on any atom is 0.347 e. The molecule has 23 heavy (non-hydrogen) atoms. The quantitative estimate of drug-likeness (QED) is 0.424. The summed E-state index contributed by atoms with van der Waals surface area (Å²) in [6.45, 7) is 6.48. The Morgan fingerprint density at radius 3 is 2.26 bits per heavy atom. The largest absolute Gasteiger partial charge is 0.493 e. The van der Waals surface area contributed by atoms with Gasteiger partial charge in [0.1, 0.15) is 17.1 Å². The minimum absolute atomic E-state index is 0.240. The molecular weight excluding hydrogens is 424 g/mol. The Morgan fingerprint density at radius 2 is 1.65 bits per heavy atom.